The molecule has 2 aromatic rings. The van der Waals surface area contributed by atoms with Gasteiger partial charge in [-0.15, -0.1) is 0 Å². The highest BCUT2D eigenvalue weighted by atomic mass is 16.5. The molecule has 2 rings (SSSR count). The van der Waals surface area contributed by atoms with E-state index in [0.29, 0.717) is 17.3 Å². The minimum absolute atomic E-state index is 0.0192. The molecule has 1 aromatic carbocycles. The molecule has 0 saturated heterocycles. The number of benzene rings is 1. The van der Waals surface area contributed by atoms with Gasteiger partial charge in [-0.25, -0.2) is 4.79 Å². The summed E-state index contributed by atoms with van der Waals surface area (Å²) in [5, 5.41) is 0.533. The van der Waals surface area contributed by atoms with Crippen molar-refractivity contribution >= 4 is 23.2 Å². The molecular weight excluding hydrogens is 252 g/mol. The number of furan rings is 1. The van der Waals surface area contributed by atoms with Gasteiger partial charge in [-0.2, -0.15) is 0 Å². The lowest BCUT2D eigenvalue weighted by Crippen LogP contribution is -2.10. The number of ether oxygens (including phenoxy) is 3. The first-order chi connectivity index (χ1) is 9.19. The summed E-state index contributed by atoms with van der Waals surface area (Å²) in [6.45, 7) is 0. The molecule has 0 fully saturated rings. The lowest BCUT2D eigenvalue weighted by molar-refractivity contribution is 0.0594. The van der Waals surface area contributed by atoms with Gasteiger partial charge in [-0.3, -0.25) is 4.79 Å². The lowest BCUT2D eigenvalue weighted by Gasteiger charge is -2.13. The van der Waals surface area contributed by atoms with E-state index in [1.807, 2.05) is 0 Å². The standard InChI is InChI=1S/C13H12O6/c1-16-10-7-4-5-19-12(7)11(17-2)8(6-14)9(10)13(15)18-3/h4-6H,1-3H3. The lowest BCUT2D eigenvalue weighted by atomic mass is 10.0. The summed E-state index contributed by atoms with van der Waals surface area (Å²) >= 11 is 0. The molecule has 0 atom stereocenters. The van der Waals surface area contributed by atoms with Gasteiger partial charge >= 0.3 is 5.97 Å². The van der Waals surface area contributed by atoms with Crippen molar-refractivity contribution in [3.8, 4) is 11.5 Å². The maximum absolute atomic E-state index is 11.9. The zero-order chi connectivity index (χ0) is 14.0. The SMILES string of the molecule is COC(=O)c1c(C=O)c(OC)c2occc2c1OC. The van der Waals surface area contributed by atoms with Gasteiger partial charge < -0.3 is 18.6 Å². The van der Waals surface area contributed by atoms with Gasteiger partial charge in [0, 0.05) is 0 Å². The van der Waals surface area contributed by atoms with Crippen LogP contribution in [0.4, 0.5) is 0 Å². The van der Waals surface area contributed by atoms with Gasteiger partial charge in [0.2, 0.25) is 0 Å². The molecule has 6 heteroatoms. The molecule has 0 aliphatic carbocycles. The molecule has 0 aliphatic heterocycles. The van der Waals surface area contributed by atoms with Gasteiger partial charge in [-0.1, -0.05) is 0 Å². The fraction of sp³-hybridized carbons (Fsp3) is 0.231. The first-order valence-corrected chi connectivity index (χ1v) is 5.38. The molecule has 0 bridgehead atoms. The third kappa shape index (κ3) is 1.81. The Morgan fingerprint density at radius 2 is 1.89 bits per heavy atom. The second-order valence-electron chi connectivity index (χ2n) is 3.63. The number of methoxy groups -OCH3 is 3. The number of fused-ring (bicyclic) bond motifs is 1. The van der Waals surface area contributed by atoms with Crippen LogP contribution in [0.5, 0.6) is 11.5 Å². The molecule has 0 N–H and O–H groups in total. The van der Waals surface area contributed by atoms with Gasteiger partial charge in [0.25, 0.3) is 0 Å². The van der Waals surface area contributed by atoms with E-state index in [1.54, 1.807) is 6.07 Å². The minimum Gasteiger partial charge on any atom is -0.495 e. The third-order valence-corrected chi connectivity index (χ3v) is 2.77. The Labute approximate surface area is 108 Å². The zero-order valence-corrected chi connectivity index (χ0v) is 10.7. The first-order valence-electron chi connectivity index (χ1n) is 5.38. The Morgan fingerprint density at radius 1 is 1.21 bits per heavy atom. The molecule has 0 unspecified atom stereocenters. The van der Waals surface area contributed by atoms with Crippen LogP contribution in [0.25, 0.3) is 11.0 Å². The Bertz CT molecular complexity index is 640. The summed E-state index contributed by atoms with van der Waals surface area (Å²) in [7, 11) is 4.01. The monoisotopic (exact) mass is 264 g/mol. The van der Waals surface area contributed by atoms with Crippen LogP contribution in [0.1, 0.15) is 20.7 Å². The van der Waals surface area contributed by atoms with Gasteiger partial charge in [0.1, 0.15) is 11.3 Å². The van der Waals surface area contributed by atoms with Crippen LogP contribution < -0.4 is 9.47 Å². The van der Waals surface area contributed by atoms with Gasteiger partial charge in [0.05, 0.1) is 38.5 Å². The maximum atomic E-state index is 11.9. The highest BCUT2D eigenvalue weighted by Gasteiger charge is 2.27. The van der Waals surface area contributed by atoms with E-state index < -0.39 is 5.97 Å². The van der Waals surface area contributed by atoms with E-state index in [0.717, 1.165) is 0 Å². The number of carbonyl (C=O) groups is 2. The fourth-order valence-corrected chi connectivity index (χ4v) is 1.99. The summed E-state index contributed by atoms with van der Waals surface area (Å²) in [4.78, 5) is 23.1. The van der Waals surface area contributed by atoms with Crippen LogP contribution >= 0.6 is 0 Å². The molecule has 0 spiro atoms. The molecule has 19 heavy (non-hydrogen) atoms. The van der Waals surface area contributed by atoms with E-state index in [9.17, 15) is 9.59 Å². The first kappa shape index (κ1) is 12.9. The maximum Gasteiger partial charge on any atom is 0.342 e. The number of esters is 1. The number of hydrogen-bond acceptors (Lipinski definition) is 6. The van der Waals surface area contributed by atoms with Gasteiger partial charge in [0.15, 0.2) is 17.6 Å². The average molecular weight is 264 g/mol. The second-order valence-corrected chi connectivity index (χ2v) is 3.63. The molecular formula is C13H12O6. The summed E-state index contributed by atoms with van der Waals surface area (Å²) in [5.41, 5.74) is 0.397. The van der Waals surface area contributed by atoms with Crippen molar-refractivity contribution in [1.82, 2.24) is 0 Å². The molecule has 0 radical (unpaired) electrons. The normalized spacial score (nSPS) is 10.3. The van der Waals surface area contributed by atoms with E-state index in [-0.39, 0.29) is 22.6 Å². The van der Waals surface area contributed by atoms with Crippen molar-refractivity contribution in [3.05, 3.63) is 23.5 Å². The van der Waals surface area contributed by atoms with Crippen LogP contribution in [-0.2, 0) is 4.74 Å². The predicted molar refractivity (Wildman–Crippen MR) is 66.0 cm³/mol. The van der Waals surface area contributed by atoms with Crippen molar-refractivity contribution in [2.45, 2.75) is 0 Å². The third-order valence-electron chi connectivity index (χ3n) is 2.77. The van der Waals surface area contributed by atoms with Crippen LogP contribution in [-0.4, -0.2) is 33.6 Å². The molecule has 6 nitrogen and oxygen atoms in total. The summed E-state index contributed by atoms with van der Waals surface area (Å²) in [6.07, 6.45) is 1.93. The topological polar surface area (TPSA) is 75.0 Å². The van der Waals surface area contributed by atoms with Crippen LogP contribution in [0.2, 0.25) is 0 Å². The minimum atomic E-state index is -0.680. The number of aldehydes is 1. The Morgan fingerprint density at radius 3 is 2.42 bits per heavy atom. The molecule has 0 saturated carbocycles. The molecule has 0 aliphatic rings. The smallest absolute Gasteiger partial charge is 0.342 e. The average Bonchev–Trinajstić information content (AvgIpc) is 2.92. The number of carbonyl (C=O) groups excluding carboxylic acids is 2. The van der Waals surface area contributed by atoms with Crippen molar-refractivity contribution in [2.24, 2.45) is 0 Å². The van der Waals surface area contributed by atoms with E-state index >= 15 is 0 Å². The number of rotatable bonds is 4. The zero-order valence-electron chi connectivity index (χ0n) is 10.7. The Hall–Kier alpha value is -2.50. The van der Waals surface area contributed by atoms with Crippen molar-refractivity contribution in [2.75, 3.05) is 21.3 Å². The molecule has 1 aromatic heterocycles. The van der Waals surface area contributed by atoms with E-state index in [2.05, 4.69) is 4.74 Å². The van der Waals surface area contributed by atoms with Crippen LogP contribution in [0.3, 0.4) is 0 Å². The quantitative estimate of drug-likeness (QED) is 0.621. The van der Waals surface area contributed by atoms with Crippen LogP contribution in [0.15, 0.2) is 16.7 Å². The molecule has 1 heterocycles. The van der Waals surface area contributed by atoms with Crippen molar-refractivity contribution in [3.63, 3.8) is 0 Å². The number of hydrogen-bond donors (Lipinski definition) is 0. The fourth-order valence-electron chi connectivity index (χ4n) is 1.99. The Kier molecular flexibility index (Phi) is 3.41. The van der Waals surface area contributed by atoms with Crippen molar-refractivity contribution in [1.29, 1.82) is 0 Å². The summed E-state index contributed by atoms with van der Waals surface area (Å²) < 4.78 is 20.3. The van der Waals surface area contributed by atoms with E-state index in [4.69, 9.17) is 13.9 Å². The highest BCUT2D eigenvalue weighted by Crippen LogP contribution is 2.40. The second kappa shape index (κ2) is 5.01. The van der Waals surface area contributed by atoms with Crippen LogP contribution in [0, 0.1) is 0 Å². The summed E-state index contributed by atoms with van der Waals surface area (Å²) in [6, 6.07) is 1.62. The van der Waals surface area contributed by atoms with Gasteiger partial charge in [-0.05, 0) is 6.07 Å². The summed E-state index contributed by atoms with van der Waals surface area (Å²) in [5.74, 6) is -0.282. The molecule has 0 amide bonds. The Balaban J connectivity index is 2.97. The highest BCUT2D eigenvalue weighted by molar-refractivity contribution is 6.10. The molecule has 100 valence electrons. The van der Waals surface area contributed by atoms with E-state index in [1.165, 1.54) is 27.6 Å². The predicted octanol–water partition coefficient (Wildman–Crippen LogP) is 2.05. The van der Waals surface area contributed by atoms with Crippen molar-refractivity contribution < 1.29 is 28.2 Å². The largest absolute Gasteiger partial charge is 0.495 e.